The molecule has 0 radical (unpaired) electrons. The Balaban J connectivity index is 1.78. The van der Waals surface area contributed by atoms with E-state index in [4.69, 9.17) is 4.63 Å². The van der Waals surface area contributed by atoms with Crippen LogP contribution in [0.5, 0.6) is 0 Å². The minimum absolute atomic E-state index is 0.388. The summed E-state index contributed by atoms with van der Waals surface area (Å²) in [7, 11) is 4.04. The van der Waals surface area contributed by atoms with Crippen molar-refractivity contribution in [1.29, 1.82) is 0 Å². The summed E-state index contributed by atoms with van der Waals surface area (Å²) in [6, 6.07) is 10.1. The van der Waals surface area contributed by atoms with Crippen molar-refractivity contribution < 1.29 is 4.63 Å². The molecule has 120 valence electrons. The predicted molar refractivity (Wildman–Crippen MR) is 88.2 cm³/mol. The van der Waals surface area contributed by atoms with Gasteiger partial charge in [0.05, 0.1) is 0 Å². The van der Waals surface area contributed by atoms with Crippen LogP contribution in [0.25, 0.3) is 11.3 Å². The van der Waals surface area contributed by atoms with E-state index >= 15 is 0 Å². The van der Waals surface area contributed by atoms with Crippen molar-refractivity contribution >= 4 is 22.9 Å². The molecular weight excluding hydrogens is 294 g/mol. The summed E-state index contributed by atoms with van der Waals surface area (Å²) < 4.78 is 4.69. The first-order chi connectivity index (χ1) is 11.2. The zero-order chi connectivity index (χ0) is 16.1. The van der Waals surface area contributed by atoms with E-state index in [2.05, 4.69) is 47.9 Å². The highest BCUT2D eigenvalue weighted by atomic mass is 16.6. The number of nitrogens with one attached hydrogen (secondary N) is 2. The molecular formula is C15H19N7O. The van der Waals surface area contributed by atoms with Crippen LogP contribution in [0.4, 0.5) is 11.6 Å². The van der Waals surface area contributed by atoms with E-state index in [-0.39, 0.29) is 0 Å². The van der Waals surface area contributed by atoms with Crippen molar-refractivity contribution in [3.05, 3.63) is 35.9 Å². The number of aromatic nitrogens is 4. The number of benzene rings is 1. The molecule has 0 saturated carbocycles. The first kappa shape index (κ1) is 15.2. The molecule has 8 nitrogen and oxygen atoms in total. The Kier molecular flexibility index (Phi) is 4.62. The molecule has 8 heteroatoms. The zero-order valence-electron chi connectivity index (χ0n) is 13.2. The van der Waals surface area contributed by atoms with E-state index in [0.717, 1.165) is 18.7 Å². The molecule has 0 unspecified atom stereocenters. The van der Waals surface area contributed by atoms with Gasteiger partial charge in [-0.1, -0.05) is 30.3 Å². The maximum atomic E-state index is 4.69. The highest BCUT2D eigenvalue weighted by molar-refractivity contribution is 5.73. The fourth-order valence-electron chi connectivity index (χ4n) is 2.06. The van der Waals surface area contributed by atoms with Gasteiger partial charge in [-0.15, -0.1) is 0 Å². The minimum atomic E-state index is 0.388. The molecule has 1 aromatic carbocycles. The van der Waals surface area contributed by atoms with Gasteiger partial charge < -0.3 is 15.5 Å². The smallest absolute Gasteiger partial charge is 0.245 e. The Morgan fingerprint density at radius 3 is 2.26 bits per heavy atom. The van der Waals surface area contributed by atoms with Gasteiger partial charge in [0.15, 0.2) is 11.6 Å². The van der Waals surface area contributed by atoms with Crippen molar-refractivity contribution in [2.75, 3.05) is 37.8 Å². The molecule has 0 aliphatic carbocycles. The van der Waals surface area contributed by atoms with Crippen molar-refractivity contribution in [1.82, 2.24) is 25.2 Å². The highest BCUT2D eigenvalue weighted by Crippen LogP contribution is 2.20. The van der Waals surface area contributed by atoms with Gasteiger partial charge in [-0.05, 0) is 30.0 Å². The number of hydrogen-bond acceptors (Lipinski definition) is 8. The van der Waals surface area contributed by atoms with Crippen molar-refractivity contribution in [3.63, 3.8) is 0 Å². The third-order valence-electron chi connectivity index (χ3n) is 3.27. The Bertz CT molecular complexity index is 757. The predicted octanol–water partition coefficient (Wildman–Crippen LogP) is 1.60. The number of nitrogens with zero attached hydrogens (tertiary/aromatic N) is 5. The lowest BCUT2D eigenvalue weighted by Gasteiger charge is -2.13. The second kappa shape index (κ2) is 7.01. The lowest BCUT2D eigenvalue weighted by molar-refractivity contribution is 0.314. The van der Waals surface area contributed by atoms with Crippen molar-refractivity contribution in [2.24, 2.45) is 0 Å². The number of likely N-dealkylation sites (N-methyl/N-ethyl adjacent to an activating group) is 1. The topological polar surface area (TPSA) is 92.0 Å². The molecule has 0 spiro atoms. The summed E-state index contributed by atoms with van der Waals surface area (Å²) in [4.78, 5) is 10.9. The lowest BCUT2D eigenvalue weighted by atomic mass is 10.2. The summed E-state index contributed by atoms with van der Waals surface area (Å²) >= 11 is 0. The Morgan fingerprint density at radius 2 is 1.61 bits per heavy atom. The lowest BCUT2D eigenvalue weighted by Crippen LogP contribution is -2.22. The molecule has 2 heterocycles. The molecule has 0 aliphatic rings. The third-order valence-corrected chi connectivity index (χ3v) is 3.27. The standard InChI is InChI=1S/C15H19N7O/c1-22(2)9-8-16-12-13(17-10-11-6-4-3-5-7-11)19-15-14(18-12)20-23-21-15/h3-7H,8-10H2,1-2H3,(H,16,18,20)(H,17,19,21). The van der Waals surface area contributed by atoms with Crippen molar-refractivity contribution in [3.8, 4) is 0 Å². The quantitative estimate of drug-likeness (QED) is 0.679. The van der Waals surface area contributed by atoms with E-state index in [1.807, 2.05) is 32.3 Å². The summed E-state index contributed by atoms with van der Waals surface area (Å²) in [6.07, 6.45) is 0. The van der Waals surface area contributed by atoms with Crippen molar-refractivity contribution in [2.45, 2.75) is 6.54 Å². The maximum absolute atomic E-state index is 4.69. The second-order valence-electron chi connectivity index (χ2n) is 5.40. The molecule has 0 atom stereocenters. The summed E-state index contributed by atoms with van der Waals surface area (Å²) in [6.45, 7) is 2.28. The van der Waals surface area contributed by atoms with E-state index < -0.39 is 0 Å². The van der Waals surface area contributed by atoms with Gasteiger partial charge in [-0.25, -0.2) is 14.6 Å². The van der Waals surface area contributed by atoms with Crippen LogP contribution in [-0.4, -0.2) is 52.4 Å². The molecule has 0 aliphatic heterocycles. The SMILES string of the molecule is CN(C)CCNc1nc2nonc2nc1NCc1ccccc1. The summed E-state index contributed by atoms with van der Waals surface area (Å²) in [5.74, 6) is 1.28. The van der Waals surface area contributed by atoms with E-state index in [1.54, 1.807) is 0 Å². The van der Waals surface area contributed by atoms with Crippen LogP contribution in [-0.2, 0) is 6.54 Å². The van der Waals surface area contributed by atoms with Crippen LogP contribution in [0.3, 0.4) is 0 Å². The van der Waals surface area contributed by atoms with E-state index in [9.17, 15) is 0 Å². The van der Waals surface area contributed by atoms with Crippen LogP contribution in [0.1, 0.15) is 5.56 Å². The van der Waals surface area contributed by atoms with E-state index in [0.29, 0.717) is 29.5 Å². The van der Waals surface area contributed by atoms with Crippen LogP contribution in [0.2, 0.25) is 0 Å². The van der Waals surface area contributed by atoms with Crippen LogP contribution >= 0.6 is 0 Å². The van der Waals surface area contributed by atoms with Gasteiger partial charge in [0.1, 0.15) is 0 Å². The fourth-order valence-corrected chi connectivity index (χ4v) is 2.06. The van der Waals surface area contributed by atoms with Crippen LogP contribution in [0, 0.1) is 0 Å². The Labute approximate surface area is 133 Å². The van der Waals surface area contributed by atoms with Gasteiger partial charge in [-0.2, -0.15) is 0 Å². The first-order valence-electron chi connectivity index (χ1n) is 7.39. The normalized spacial score (nSPS) is 11.1. The Morgan fingerprint density at radius 1 is 0.957 bits per heavy atom. The van der Waals surface area contributed by atoms with Crippen LogP contribution < -0.4 is 10.6 Å². The number of anilines is 2. The number of hydrogen-bond donors (Lipinski definition) is 2. The number of fused-ring (bicyclic) bond motifs is 1. The van der Waals surface area contributed by atoms with Crippen LogP contribution in [0.15, 0.2) is 35.0 Å². The maximum Gasteiger partial charge on any atom is 0.245 e. The molecule has 2 aromatic heterocycles. The van der Waals surface area contributed by atoms with Gasteiger partial charge >= 0.3 is 0 Å². The largest absolute Gasteiger partial charge is 0.366 e. The Hall–Kier alpha value is -2.74. The average molecular weight is 313 g/mol. The number of rotatable bonds is 7. The molecule has 23 heavy (non-hydrogen) atoms. The summed E-state index contributed by atoms with van der Waals surface area (Å²) in [5, 5.41) is 14.1. The third kappa shape index (κ3) is 3.92. The molecule has 2 N–H and O–H groups in total. The molecule has 0 fully saturated rings. The molecule has 3 aromatic rings. The minimum Gasteiger partial charge on any atom is -0.366 e. The molecule has 0 amide bonds. The van der Waals surface area contributed by atoms with Gasteiger partial charge in [0.2, 0.25) is 11.3 Å². The highest BCUT2D eigenvalue weighted by Gasteiger charge is 2.12. The summed E-state index contributed by atoms with van der Waals surface area (Å²) in [5.41, 5.74) is 1.94. The van der Waals surface area contributed by atoms with Gasteiger partial charge in [-0.3, -0.25) is 0 Å². The van der Waals surface area contributed by atoms with Gasteiger partial charge in [0, 0.05) is 19.6 Å². The molecule has 0 bridgehead atoms. The molecule has 3 rings (SSSR count). The molecule has 0 saturated heterocycles. The fraction of sp³-hybridized carbons (Fsp3) is 0.333. The second-order valence-corrected chi connectivity index (χ2v) is 5.40. The average Bonchev–Trinajstić information content (AvgIpc) is 3.00. The monoisotopic (exact) mass is 313 g/mol. The van der Waals surface area contributed by atoms with E-state index in [1.165, 1.54) is 0 Å². The van der Waals surface area contributed by atoms with Gasteiger partial charge in [0.25, 0.3) is 0 Å². The zero-order valence-corrected chi connectivity index (χ0v) is 13.2. The first-order valence-corrected chi connectivity index (χ1v) is 7.39.